The lowest BCUT2D eigenvalue weighted by atomic mass is 9.98. The van der Waals surface area contributed by atoms with E-state index in [9.17, 15) is 4.79 Å². The van der Waals surface area contributed by atoms with Gasteiger partial charge in [0.1, 0.15) is 6.10 Å². The molecule has 0 bridgehead atoms. The van der Waals surface area contributed by atoms with Gasteiger partial charge in [0.05, 0.1) is 6.61 Å². The van der Waals surface area contributed by atoms with Crippen LogP contribution >= 0.6 is 0 Å². The smallest absolute Gasteiger partial charge is 0.249 e. The molecule has 21 heavy (non-hydrogen) atoms. The maximum Gasteiger partial charge on any atom is 0.249 e. The molecular formula is C18H33NO2. The van der Waals surface area contributed by atoms with Crippen LogP contribution in [0.1, 0.15) is 78.6 Å². The van der Waals surface area contributed by atoms with Gasteiger partial charge in [-0.2, -0.15) is 0 Å². The minimum Gasteiger partial charge on any atom is -0.368 e. The molecule has 1 amide bonds. The summed E-state index contributed by atoms with van der Waals surface area (Å²) in [4.78, 5) is 12.5. The maximum absolute atomic E-state index is 12.5. The molecule has 2 aliphatic carbocycles. The van der Waals surface area contributed by atoms with Gasteiger partial charge in [-0.3, -0.25) is 4.79 Å². The molecule has 0 aromatic carbocycles. The van der Waals surface area contributed by atoms with Gasteiger partial charge in [-0.05, 0) is 51.9 Å². The minimum absolute atomic E-state index is 0.0902. The quantitative estimate of drug-likeness (QED) is 0.802. The zero-order chi connectivity index (χ0) is 15.3. The number of carbonyl (C=O) groups is 1. The molecule has 1 N–H and O–H groups in total. The lowest BCUT2D eigenvalue weighted by molar-refractivity contribution is -0.136. The van der Waals surface area contributed by atoms with Crippen molar-refractivity contribution in [3.05, 3.63) is 0 Å². The Morgan fingerprint density at radius 3 is 2.10 bits per heavy atom. The van der Waals surface area contributed by atoms with Gasteiger partial charge < -0.3 is 10.1 Å². The summed E-state index contributed by atoms with van der Waals surface area (Å²) in [5.74, 6) is 1.45. The number of rotatable bonds is 6. The number of hydrogen-bond acceptors (Lipinski definition) is 2. The largest absolute Gasteiger partial charge is 0.368 e. The van der Waals surface area contributed by atoms with Gasteiger partial charge in [0.15, 0.2) is 0 Å². The Bertz CT molecular complexity index is 323. The zero-order valence-corrected chi connectivity index (χ0v) is 14.1. The number of ether oxygens (including phenoxy) is 1. The highest BCUT2D eigenvalue weighted by Crippen LogP contribution is 2.30. The van der Waals surface area contributed by atoms with Crippen molar-refractivity contribution in [1.29, 1.82) is 0 Å². The fourth-order valence-electron chi connectivity index (χ4n) is 3.68. The van der Waals surface area contributed by atoms with E-state index < -0.39 is 0 Å². The van der Waals surface area contributed by atoms with Crippen LogP contribution in [-0.4, -0.2) is 24.2 Å². The van der Waals surface area contributed by atoms with Crippen molar-refractivity contribution in [1.82, 2.24) is 5.32 Å². The monoisotopic (exact) mass is 295 g/mol. The molecule has 1 atom stereocenters. The molecule has 3 heteroatoms. The Morgan fingerprint density at radius 2 is 1.57 bits per heavy atom. The molecule has 0 aliphatic heterocycles. The van der Waals surface area contributed by atoms with Crippen molar-refractivity contribution in [2.75, 3.05) is 6.61 Å². The summed E-state index contributed by atoms with van der Waals surface area (Å²) < 4.78 is 6.08. The SMILES string of the molecule is CC(C)(C)NC(=O)C(CC1CCCC1)OCC1CCCC1. The molecule has 0 spiro atoms. The van der Waals surface area contributed by atoms with Crippen LogP contribution in [0, 0.1) is 11.8 Å². The first-order valence-electron chi connectivity index (χ1n) is 8.87. The van der Waals surface area contributed by atoms with Gasteiger partial charge >= 0.3 is 0 Å². The van der Waals surface area contributed by atoms with E-state index in [0.717, 1.165) is 13.0 Å². The van der Waals surface area contributed by atoms with E-state index in [4.69, 9.17) is 4.74 Å². The van der Waals surface area contributed by atoms with Crippen LogP contribution in [0.3, 0.4) is 0 Å². The average molecular weight is 295 g/mol. The summed E-state index contributed by atoms with van der Waals surface area (Å²) in [6.07, 6.45) is 11.1. The summed E-state index contributed by atoms with van der Waals surface area (Å²) >= 11 is 0. The first-order chi connectivity index (χ1) is 9.94. The molecule has 0 aromatic heterocycles. The second-order valence-corrected chi connectivity index (χ2v) is 8.10. The summed E-state index contributed by atoms with van der Waals surface area (Å²) in [5, 5.41) is 3.10. The summed E-state index contributed by atoms with van der Waals surface area (Å²) in [6, 6.07) is 0. The molecule has 1 unspecified atom stereocenters. The molecule has 0 saturated heterocycles. The second kappa shape index (κ2) is 7.62. The molecule has 0 aromatic rings. The van der Waals surface area contributed by atoms with Crippen molar-refractivity contribution in [3.63, 3.8) is 0 Å². The normalized spacial score (nSPS) is 22.6. The van der Waals surface area contributed by atoms with E-state index in [1.165, 1.54) is 51.4 Å². The highest BCUT2D eigenvalue weighted by Gasteiger charge is 2.29. The average Bonchev–Trinajstić information content (AvgIpc) is 3.05. The van der Waals surface area contributed by atoms with Crippen LogP contribution in [0.2, 0.25) is 0 Å². The van der Waals surface area contributed by atoms with E-state index in [1.807, 2.05) is 20.8 Å². The summed E-state index contributed by atoms with van der Waals surface area (Å²) in [5.41, 5.74) is -0.179. The fraction of sp³-hybridized carbons (Fsp3) is 0.944. The Hall–Kier alpha value is -0.570. The van der Waals surface area contributed by atoms with E-state index in [0.29, 0.717) is 11.8 Å². The highest BCUT2D eigenvalue weighted by atomic mass is 16.5. The van der Waals surface area contributed by atoms with Crippen molar-refractivity contribution in [2.24, 2.45) is 11.8 Å². The van der Waals surface area contributed by atoms with E-state index in [2.05, 4.69) is 5.32 Å². The molecule has 2 saturated carbocycles. The molecule has 2 rings (SSSR count). The molecule has 2 fully saturated rings. The van der Waals surface area contributed by atoms with Gasteiger partial charge in [0.2, 0.25) is 5.91 Å². The Kier molecular flexibility index (Phi) is 6.09. The molecular weight excluding hydrogens is 262 g/mol. The Balaban J connectivity index is 1.86. The zero-order valence-electron chi connectivity index (χ0n) is 14.1. The third kappa shape index (κ3) is 5.98. The Labute approximate surface area is 130 Å². The molecule has 2 aliphatic rings. The van der Waals surface area contributed by atoms with Crippen LogP contribution < -0.4 is 5.32 Å². The van der Waals surface area contributed by atoms with Crippen molar-refractivity contribution in [3.8, 4) is 0 Å². The summed E-state index contributed by atoms with van der Waals surface area (Å²) in [6.45, 7) is 6.88. The maximum atomic E-state index is 12.5. The molecule has 0 radical (unpaired) electrons. The summed E-state index contributed by atoms with van der Waals surface area (Å²) in [7, 11) is 0. The van der Waals surface area contributed by atoms with Crippen molar-refractivity contribution >= 4 is 5.91 Å². The van der Waals surface area contributed by atoms with Crippen LogP contribution in [0.5, 0.6) is 0 Å². The highest BCUT2D eigenvalue weighted by molar-refractivity contribution is 5.81. The van der Waals surface area contributed by atoms with Crippen LogP contribution in [0.25, 0.3) is 0 Å². The lowest BCUT2D eigenvalue weighted by Crippen LogP contribution is -2.47. The van der Waals surface area contributed by atoms with E-state index >= 15 is 0 Å². The Morgan fingerprint density at radius 1 is 1.05 bits per heavy atom. The van der Waals surface area contributed by atoms with Gasteiger partial charge in [-0.1, -0.05) is 38.5 Å². The first kappa shape index (κ1) is 16.8. The number of nitrogens with one attached hydrogen (secondary N) is 1. The fourth-order valence-corrected chi connectivity index (χ4v) is 3.68. The molecule has 3 nitrogen and oxygen atoms in total. The lowest BCUT2D eigenvalue weighted by Gasteiger charge is -2.27. The van der Waals surface area contributed by atoms with E-state index in [1.54, 1.807) is 0 Å². The van der Waals surface area contributed by atoms with Gasteiger partial charge in [0, 0.05) is 5.54 Å². The standard InChI is InChI=1S/C18H33NO2/c1-18(2,3)19-17(20)16(12-14-8-4-5-9-14)21-13-15-10-6-7-11-15/h14-16H,4-13H2,1-3H3,(H,19,20). The van der Waals surface area contributed by atoms with Crippen molar-refractivity contribution in [2.45, 2.75) is 90.2 Å². The topological polar surface area (TPSA) is 38.3 Å². The molecule has 0 heterocycles. The van der Waals surface area contributed by atoms with Crippen LogP contribution in [0.15, 0.2) is 0 Å². The van der Waals surface area contributed by atoms with Gasteiger partial charge in [-0.25, -0.2) is 0 Å². The second-order valence-electron chi connectivity index (χ2n) is 8.10. The molecule has 122 valence electrons. The van der Waals surface area contributed by atoms with Gasteiger partial charge in [0.25, 0.3) is 0 Å². The predicted molar refractivity (Wildman–Crippen MR) is 86.2 cm³/mol. The number of amides is 1. The number of hydrogen-bond donors (Lipinski definition) is 1. The van der Waals surface area contributed by atoms with Gasteiger partial charge in [-0.15, -0.1) is 0 Å². The third-order valence-corrected chi connectivity index (χ3v) is 4.82. The van der Waals surface area contributed by atoms with Crippen molar-refractivity contribution < 1.29 is 9.53 Å². The minimum atomic E-state index is -0.243. The third-order valence-electron chi connectivity index (χ3n) is 4.82. The predicted octanol–water partition coefficient (Wildman–Crippen LogP) is 4.06. The number of carbonyl (C=O) groups excluding carboxylic acids is 1. The first-order valence-corrected chi connectivity index (χ1v) is 8.87. The van der Waals surface area contributed by atoms with E-state index in [-0.39, 0.29) is 17.6 Å². The van der Waals surface area contributed by atoms with Crippen LogP contribution in [-0.2, 0) is 9.53 Å². The van der Waals surface area contributed by atoms with Crippen LogP contribution in [0.4, 0.5) is 0 Å².